The van der Waals surface area contributed by atoms with Crippen molar-refractivity contribution < 1.29 is 4.74 Å². The molecule has 2 aliphatic heterocycles. The summed E-state index contributed by atoms with van der Waals surface area (Å²) in [6, 6.07) is 2.48. The number of nitrogens with one attached hydrogen (secondary N) is 1. The Labute approximate surface area is 114 Å². The van der Waals surface area contributed by atoms with Crippen LogP contribution >= 0.6 is 0 Å². The van der Waals surface area contributed by atoms with Gasteiger partial charge in [0.1, 0.15) is 0 Å². The molecular formula is C14H24N4O. The van der Waals surface area contributed by atoms with Crippen LogP contribution in [-0.4, -0.2) is 28.0 Å². The van der Waals surface area contributed by atoms with Gasteiger partial charge in [-0.2, -0.15) is 5.10 Å². The molecule has 1 aromatic heterocycles. The first-order chi connectivity index (χ1) is 9.21. The van der Waals surface area contributed by atoms with Gasteiger partial charge in [-0.05, 0) is 31.7 Å². The quantitative estimate of drug-likeness (QED) is 0.613. The summed E-state index contributed by atoms with van der Waals surface area (Å²) in [5, 5.41) is 4.51. The Kier molecular flexibility index (Phi) is 3.60. The normalized spacial score (nSPS) is 31.0. The van der Waals surface area contributed by atoms with Gasteiger partial charge in [0, 0.05) is 31.1 Å². The molecule has 5 heteroatoms. The summed E-state index contributed by atoms with van der Waals surface area (Å²) in [4.78, 5) is 0. The molecule has 3 heterocycles. The number of hydrazine groups is 1. The van der Waals surface area contributed by atoms with Gasteiger partial charge in [-0.1, -0.05) is 6.92 Å². The number of ether oxygens (including phenoxy) is 1. The monoisotopic (exact) mass is 264 g/mol. The van der Waals surface area contributed by atoms with E-state index in [0.717, 1.165) is 25.0 Å². The van der Waals surface area contributed by atoms with E-state index < -0.39 is 0 Å². The molecule has 1 aromatic rings. The van der Waals surface area contributed by atoms with Crippen molar-refractivity contribution in [2.45, 2.75) is 57.3 Å². The van der Waals surface area contributed by atoms with E-state index in [2.05, 4.69) is 23.5 Å². The zero-order valence-corrected chi connectivity index (χ0v) is 11.8. The van der Waals surface area contributed by atoms with Gasteiger partial charge in [-0.25, -0.2) is 0 Å². The van der Waals surface area contributed by atoms with Gasteiger partial charge in [0.2, 0.25) is 0 Å². The third-order valence-corrected chi connectivity index (χ3v) is 4.70. The van der Waals surface area contributed by atoms with Crippen LogP contribution in [0, 0.1) is 5.92 Å². The van der Waals surface area contributed by atoms with Crippen LogP contribution in [-0.2, 0) is 24.6 Å². The van der Waals surface area contributed by atoms with Crippen LogP contribution < -0.4 is 11.3 Å². The molecule has 0 aliphatic carbocycles. The molecule has 4 atom stereocenters. The molecule has 3 N–H and O–H groups in total. The minimum atomic E-state index is 0.287. The molecule has 2 fully saturated rings. The van der Waals surface area contributed by atoms with Gasteiger partial charge in [-0.15, -0.1) is 0 Å². The van der Waals surface area contributed by atoms with Gasteiger partial charge in [-0.3, -0.25) is 16.0 Å². The Morgan fingerprint density at radius 1 is 1.58 bits per heavy atom. The zero-order chi connectivity index (χ0) is 13.4. The van der Waals surface area contributed by atoms with E-state index >= 15 is 0 Å². The number of fused-ring (bicyclic) bond motifs is 2. The molecule has 3 rings (SSSR count). The van der Waals surface area contributed by atoms with Crippen molar-refractivity contribution in [1.29, 1.82) is 0 Å². The fraction of sp³-hybridized carbons (Fsp3) is 0.786. The van der Waals surface area contributed by atoms with Crippen molar-refractivity contribution in [3.8, 4) is 0 Å². The Balaban J connectivity index is 1.71. The highest BCUT2D eigenvalue weighted by atomic mass is 16.5. The van der Waals surface area contributed by atoms with E-state index in [1.54, 1.807) is 0 Å². The van der Waals surface area contributed by atoms with Crippen LogP contribution in [0.5, 0.6) is 0 Å². The van der Waals surface area contributed by atoms with Gasteiger partial charge in [0.25, 0.3) is 0 Å². The van der Waals surface area contributed by atoms with Gasteiger partial charge >= 0.3 is 0 Å². The fourth-order valence-electron chi connectivity index (χ4n) is 3.60. The molecule has 2 aliphatic rings. The van der Waals surface area contributed by atoms with E-state index in [1.807, 2.05) is 11.7 Å². The second-order valence-corrected chi connectivity index (χ2v) is 5.85. The average Bonchev–Trinajstić information content (AvgIpc) is 3.11. The largest absolute Gasteiger partial charge is 0.375 e. The van der Waals surface area contributed by atoms with Crippen molar-refractivity contribution in [3.63, 3.8) is 0 Å². The molecule has 0 saturated carbocycles. The SMILES string of the molecule is CCc1cc(CC(NN)C2CC3CCC2O3)n(C)n1. The molecule has 2 saturated heterocycles. The van der Waals surface area contributed by atoms with Crippen LogP contribution in [0.15, 0.2) is 6.07 Å². The second-order valence-electron chi connectivity index (χ2n) is 5.85. The highest BCUT2D eigenvalue weighted by Crippen LogP contribution is 2.40. The van der Waals surface area contributed by atoms with Crippen molar-refractivity contribution in [1.82, 2.24) is 15.2 Å². The number of hydrogen-bond acceptors (Lipinski definition) is 4. The fourth-order valence-corrected chi connectivity index (χ4v) is 3.60. The molecule has 0 radical (unpaired) electrons. The summed E-state index contributed by atoms with van der Waals surface area (Å²) in [7, 11) is 2.01. The highest BCUT2D eigenvalue weighted by molar-refractivity contribution is 5.12. The topological polar surface area (TPSA) is 65.1 Å². The van der Waals surface area contributed by atoms with Crippen LogP contribution in [0.4, 0.5) is 0 Å². The summed E-state index contributed by atoms with van der Waals surface area (Å²) in [5.74, 6) is 6.33. The third-order valence-electron chi connectivity index (χ3n) is 4.70. The average molecular weight is 264 g/mol. The lowest BCUT2D eigenvalue weighted by Gasteiger charge is -2.27. The van der Waals surface area contributed by atoms with Crippen molar-refractivity contribution in [2.75, 3.05) is 0 Å². The number of nitrogens with two attached hydrogens (primary N) is 1. The van der Waals surface area contributed by atoms with Gasteiger partial charge in [0.05, 0.1) is 17.9 Å². The Morgan fingerprint density at radius 3 is 2.95 bits per heavy atom. The summed E-state index contributed by atoms with van der Waals surface area (Å²) < 4.78 is 7.93. The van der Waals surface area contributed by atoms with E-state index in [9.17, 15) is 0 Å². The standard InChI is InChI=1S/C14H24N4O/c1-3-9-6-10(18(2)17-9)7-13(16-15)12-8-11-4-5-14(12)19-11/h6,11-14,16H,3-5,7-8,15H2,1-2H3. The maximum absolute atomic E-state index is 5.94. The van der Waals surface area contributed by atoms with E-state index in [0.29, 0.717) is 18.1 Å². The molecule has 0 aromatic carbocycles. The van der Waals surface area contributed by atoms with Crippen LogP contribution in [0.25, 0.3) is 0 Å². The van der Waals surface area contributed by atoms with E-state index in [1.165, 1.54) is 18.5 Å². The summed E-state index contributed by atoms with van der Waals surface area (Å²) in [6.07, 6.45) is 6.36. The van der Waals surface area contributed by atoms with Gasteiger partial charge in [0.15, 0.2) is 0 Å². The number of aromatic nitrogens is 2. The van der Waals surface area contributed by atoms with E-state index in [4.69, 9.17) is 10.6 Å². The van der Waals surface area contributed by atoms with Crippen LogP contribution in [0.1, 0.15) is 37.6 Å². The smallest absolute Gasteiger partial charge is 0.0624 e. The Hall–Kier alpha value is -0.910. The number of rotatable bonds is 5. The lowest BCUT2D eigenvalue weighted by Crippen LogP contribution is -2.46. The molecule has 5 nitrogen and oxygen atoms in total. The maximum atomic E-state index is 5.94. The second kappa shape index (κ2) is 5.23. The lowest BCUT2D eigenvalue weighted by molar-refractivity contribution is 0.0855. The van der Waals surface area contributed by atoms with Crippen LogP contribution in [0.3, 0.4) is 0 Å². The molecule has 2 bridgehead atoms. The van der Waals surface area contributed by atoms with Gasteiger partial charge < -0.3 is 4.74 Å². The minimum Gasteiger partial charge on any atom is -0.375 e. The first kappa shape index (κ1) is 13.1. The van der Waals surface area contributed by atoms with Crippen molar-refractivity contribution >= 4 is 0 Å². The molecular weight excluding hydrogens is 240 g/mol. The lowest BCUT2D eigenvalue weighted by atomic mass is 9.82. The molecule has 19 heavy (non-hydrogen) atoms. The zero-order valence-electron chi connectivity index (χ0n) is 11.8. The molecule has 0 amide bonds. The Morgan fingerprint density at radius 2 is 2.42 bits per heavy atom. The Bertz CT molecular complexity index is 445. The molecule has 4 unspecified atom stereocenters. The highest BCUT2D eigenvalue weighted by Gasteiger charge is 2.44. The summed E-state index contributed by atoms with van der Waals surface area (Å²) in [6.45, 7) is 2.13. The number of hydrogen-bond donors (Lipinski definition) is 2. The third kappa shape index (κ3) is 2.42. The first-order valence-corrected chi connectivity index (χ1v) is 7.34. The van der Waals surface area contributed by atoms with E-state index in [-0.39, 0.29) is 6.04 Å². The predicted molar refractivity (Wildman–Crippen MR) is 73.4 cm³/mol. The van der Waals surface area contributed by atoms with Crippen molar-refractivity contribution in [2.24, 2.45) is 18.8 Å². The number of aryl methyl sites for hydroxylation is 2. The predicted octanol–water partition coefficient (Wildman–Crippen LogP) is 0.924. The molecule has 106 valence electrons. The maximum Gasteiger partial charge on any atom is 0.0624 e. The van der Waals surface area contributed by atoms with Crippen molar-refractivity contribution in [3.05, 3.63) is 17.5 Å². The summed E-state index contributed by atoms with van der Waals surface area (Å²) in [5.41, 5.74) is 5.41. The first-order valence-electron chi connectivity index (χ1n) is 7.34. The van der Waals surface area contributed by atoms with Crippen LogP contribution in [0.2, 0.25) is 0 Å². The minimum absolute atomic E-state index is 0.287. The summed E-state index contributed by atoms with van der Waals surface area (Å²) >= 11 is 0. The molecule has 0 spiro atoms. The number of nitrogens with zero attached hydrogens (tertiary/aromatic N) is 2.